The molecule has 1 N–H and O–H groups in total. The van der Waals surface area contributed by atoms with Gasteiger partial charge in [-0.05, 0) is 17.7 Å². The number of amidine groups is 1. The van der Waals surface area contributed by atoms with Gasteiger partial charge in [0.25, 0.3) is 0 Å². The Morgan fingerprint density at radius 1 is 1.35 bits per heavy atom. The lowest BCUT2D eigenvalue weighted by atomic mass is 10.0. The van der Waals surface area contributed by atoms with Crippen LogP contribution in [0.4, 0.5) is 13.2 Å². The summed E-state index contributed by atoms with van der Waals surface area (Å²) in [5.74, 6) is 0.559. The summed E-state index contributed by atoms with van der Waals surface area (Å²) in [5.41, 5.74) is -0.615. The van der Waals surface area contributed by atoms with Crippen molar-refractivity contribution in [3.8, 4) is 0 Å². The van der Waals surface area contributed by atoms with E-state index >= 15 is 0 Å². The summed E-state index contributed by atoms with van der Waals surface area (Å²) in [5, 5.41) is 3.06. The van der Waals surface area contributed by atoms with Crippen LogP contribution in [0, 0.1) is 0 Å². The Hall–Kier alpha value is -1.23. The zero-order valence-corrected chi connectivity index (χ0v) is 9.57. The van der Waals surface area contributed by atoms with Gasteiger partial charge in [-0.1, -0.05) is 17.7 Å². The van der Waals surface area contributed by atoms with Gasteiger partial charge in [-0.2, -0.15) is 13.2 Å². The van der Waals surface area contributed by atoms with Crippen molar-refractivity contribution in [2.24, 2.45) is 4.99 Å². The average Bonchev–Trinajstić information content (AvgIpc) is 2.72. The van der Waals surface area contributed by atoms with Gasteiger partial charge >= 0.3 is 6.18 Å². The van der Waals surface area contributed by atoms with Gasteiger partial charge in [-0.25, -0.2) is 0 Å². The van der Waals surface area contributed by atoms with E-state index < -0.39 is 11.7 Å². The number of benzene rings is 1. The minimum atomic E-state index is -4.39. The van der Waals surface area contributed by atoms with Gasteiger partial charge in [0.1, 0.15) is 5.84 Å². The van der Waals surface area contributed by atoms with Crippen molar-refractivity contribution in [2.75, 3.05) is 13.1 Å². The molecule has 92 valence electrons. The molecule has 1 aromatic carbocycles. The minimum absolute atomic E-state index is 0.0785. The molecule has 0 fully saturated rings. The fraction of sp³-hybridized carbons (Fsp3) is 0.364. The molecule has 0 saturated heterocycles. The Bertz CT molecular complexity index is 455. The van der Waals surface area contributed by atoms with Gasteiger partial charge in [-0.15, -0.1) is 0 Å². The van der Waals surface area contributed by atoms with Crippen LogP contribution >= 0.6 is 11.6 Å². The van der Waals surface area contributed by atoms with Gasteiger partial charge in [0.15, 0.2) is 0 Å². The van der Waals surface area contributed by atoms with E-state index in [1.54, 1.807) is 0 Å². The lowest BCUT2D eigenvalue weighted by molar-refractivity contribution is -0.138. The van der Waals surface area contributed by atoms with Crippen molar-refractivity contribution in [2.45, 2.75) is 12.6 Å². The molecule has 0 aromatic heterocycles. The monoisotopic (exact) mass is 262 g/mol. The van der Waals surface area contributed by atoms with E-state index in [0.717, 1.165) is 6.07 Å². The second-order valence-electron chi connectivity index (χ2n) is 3.70. The predicted octanol–water partition coefficient (Wildman–Crippen LogP) is 2.90. The maximum absolute atomic E-state index is 12.8. The maximum Gasteiger partial charge on any atom is 0.416 e. The van der Waals surface area contributed by atoms with Crippen molar-refractivity contribution in [3.63, 3.8) is 0 Å². The molecule has 1 aliphatic rings. The van der Waals surface area contributed by atoms with Gasteiger partial charge in [-0.3, -0.25) is 4.99 Å². The Morgan fingerprint density at radius 3 is 2.71 bits per heavy atom. The van der Waals surface area contributed by atoms with Gasteiger partial charge in [0, 0.05) is 18.0 Å². The summed E-state index contributed by atoms with van der Waals surface area (Å²) in [6, 6.07) is 3.80. The van der Waals surface area contributed by atoms with Crippen LogP contribution in [0.2, 0.25) is 5.02 Å². The van der Waals surface area contributed by atoms with Gasteiger partial charge in [0.05, 0.1) is 12.1 Å². The van der Waals surface area contributed by atoms with Crippen LogP contribution in [-0.4, -0.2) is 18.9 Å². The van der Waals surface area contributed by atoms with Crippen molar-refractivity contribution < 1.29 is 13.2 Å². The van der Waals surface area contributed by atoms with Crippen LogP contribution < -0.4 is 5.32 Å². The minimum Gasteiger partial charge on any atom is -0.372 e. The first-order valence-corrected chi connectivity index (χ1v) is 5.48. The molecule has 17 heavy (non-hydrogen) atoms. The van der Waals surface area contributed by atoms with E-state index in [1.165, 1.54) is 12.1 Å². The zero-order valence-electron chi connectivity index (χ0n) is 8.81. The number of hydrogen-bond acceptors (Lipinski definition) is 2. The van der Waals surface area contributed by atoms with Crippen LogP contribution in [0.25, 0.3) is 0 Å². The first-order valence-electron chi connectivity index (χ1n) is 5.10. The molecular weight excluding hydrogens is 253 g/mol. The molecular formula is C11H10ClF3N2. The van der Waals surface area contributed by atoms with Crippen molar-refractivity contribution in [1.82, 2.24) is 5.32 Å². The summed E-state index contributed by atoms with van der Waals surface area (Å²) >= 11 is 5.83. The topological polar surface area (TPSA) is 24.4 Å². The van der Waals surface area contributed by atoms with Crippen LogP contribution in [-0.2, 0) is 12.6 Å². The summed E-state index contributed by atoms with van der Waals surface area (Å²) in [4.78, 5) is 4.07. The largest absolute Gasteiger partial charge is 0.416 e. The molecule has 0 amide bonds. The van der Waals surface area contributed by atoms with Gasteiger partial charge < -0.3 is 5.32 Å². The second-order valence-corrected chi connectivity index (χ2v) is 4.10. The highest BCUT2D eigenvalue weighted by Crippen LogP contribution is 2.35. The predicted molar refractivity (Wildman–Crippen MR) is 60.5 cm³/mol. The van der Waals surface area contributed by atoms with Crippen molar-refractivity contribution in [3.05, 3.63) is 34.3 Å². The number of nitrogens with zero attached hydrogens (tertiary/aromatic N) is 1. The normalized spacial score (nSPS) is 15.6. The molecule has 0 spiro atoms. The highest BCUT2D eigenvalue weighted by molar-refractivity contribution is 6.31. The zero-order chi connectivity index (χ0) is 12.5. The smallest absolute Gasteiger partial charge is 0.372 e. The number of hydrogen-bond donors (Lipinski definition) is 1. The number of nitrogens with one attached hydrogen (secondary N) is 1. The number of halogens is 4. The third-order valence-corrected chi connectivity index (χ3v) is 2.87. The van der Waals surface area contributed by atoms with E-state index in [2.05, 4.69) is 10.3 Å². The molecule has 0 atom stereocenters. The first kappa shape index (κ1) is 12.2. The molecule has 0 bridgehead atoms. The molecule has 1 heterocycles. The number of rotatable bonds is 2. The van der Waals surface area contributed by atoms with E-state index in [-0.39, 0.29) is 17.0 Å². The fourth-order valence-electron chi connectivity index (χ4n) is 1.74. The molecule has 0 radical (unpaired) electrons. The molecule has 0 saturated carbocycles. The Morgan fingerprint density at radius 2 is 2.12 bits per heavy atom. The first-order chi connectivity index (χ1) is 7.98. The third-order valence-electron chi connectivity index (χ3n) is 2.51. The SMILES string of the molecule is FC(F)(F)c1cccc(Cl)c1CC1=NCCN1. The quantitative estimate of drug-likeness (QED) is 0.871. The number of aliphatic imine (C=N–C) groups is 1. The van der Waals surface area contributed by atoms with Gasteiger partial charge in [0.2, 0.25) is 0 Å². The van der Waals surface area contributed by atoms with Crippen LogP contribution in [0.1, 0.15) is 11.1 Å². The van der Waals surface area contributed by atoms with E-state index in [4.69, 9.17) is 11.6 Å². The van der Waals surface area contributed by atoms with E-state index in [1.807, 2.05) is 0 Å². The highest BCUT2D eigenvalue weighted by atomic mass is 35.5. The summed E-state index contributed by atoms with van der Waals surface area (Å²) in [6.45, 7) is 1.27. The van der Waals surface area contributed by atoms with Crippen LogP contribution in [0.5, 0.6) is 0 Å². The summed E-state index contributed by atoms with van der Waals surface area (Å²) < 4.78 is 38.4. The van der Waals surface area contributed by atoms with Crippen molar-refractivity contribution in [1.29, 1.82) is 0 Å². The van der Waals surface area contributed by atoms with Crippen LogP contribution in [0.3, 0.4) is 0 Å². The average molecular weight is 263 g/mol. The summed E-state index contributed by atoms with van der Waals surface area (Å²) in [7, 11) is 0. The standard InChI is InChI=1S/C11H10ClF3N2/c12-9-3-1-2-8(11(13,14)15)7(9)6-10-16-4-5-17-10/h1-3H,4-6H2,(H,16,17). The molecule has 6 heteroatoms. The maximum atomic E-state index is 12.8. The molecule has 1 aromatic rings. The van der Waals surface area contributed by atoms with E-state index in [9.17, 15) is 13.2 Å². The van der Waals surface area contributed by atoms with E-state index in [0.29, 0.717) is 18.9 Å². The second kappa shape index (κ2) is 4.56. The Kier molecular flexibility index (Phi) is 3.28. The molecule has 0 unspecified atom stereocenters. The molecule has 2 nitrogen and oxygen atoms in total. The van der Waals surface area contributed by atoms with Crippen molar-refractivity contribution >= 4 is 17.4 Å². The molecule has 0 aliphatic carbocycles. The Labute approximate surface area is 101 Å². The lowest BCUT2D eigenvalue weighted by Gasteiger charge is -2.14. The van der Waals surface area contributed by atoms with Crippen LogP contribution in [0.15, 0.2) is 23.2 Å². The highest BCUT2D eigenvalue weighted by Gasteiger charge is 2.34. The third kappa shape index (κ3) is 2.72. The molecule has 2 rings (SSSR count). The summed E-state index contributed by atoms with van der Waals surface area (Å²) in [6.07, 6.45) is -4.30. The number of alkyl halides is 3. The molecule has 1 aliphatic heterocycles. The Balaban J connectivity index is 2.37. The lowest BCUT2D eigenvalue weighted by Crippen LogP contribution is -2.22. The fourth-order valence-corrected chi connectivity index (χ4v) is 1.98.